The quantitative estimate of drug-likeness (QED) is 0.628. The molecule has 3 aromatic rings. The molecule has 0 atom stereocenters. The fourth-order valence-corrected chi connectivity index (χ4v) is 3.86. The number of aromatic nitrogens is 4. The highest BCUT2D eigenvalue weighted by Gasteiger charge is 2.21. The summed E-state index contributed by atoms with van der Waals surface area (Å²) in [7, 11) is 0. The Labute approximate surface area is 166 Å². The van der Waals surface area contributed by atoms with Crippen LogP contribution >= 0.6 is 0 Å². The van der Waals surface area contributed by atoms with Crippen LogP contribution in [0.2, 0.25) is 0 Å². The minimum atomic E-state index is 0.915. The molecule has 0 radical (unpaired) electrons. The molecule has 1 aliphatic rings. The van der Waals surface area contributed by atoms with Crippen LogP contribution in [0.1, 0.15) is 13.8 Å². The standard InChI is InChI=1S/C21H29N7/c1-3-25(4-2)10-11-26-12-14-27(15-13-26)20-21-23-8-9-28(21)19(17-24-20)18-6-5-7-22-16-18/h5-9,16-17H,3-4,10-15H2,1-2H3. The van der Waals surface area contributed by atoms with Gasteiger partial charge in [-0.2, -0.15) is 0 Å². The van der Waals surface area contributed by atoms with Crippen LogP contribution < -0.4 is 4.90 Å². The summed E-state index contributed by atoms with van der Waals surface area (Å²) < 4.78 is 2.12. The average molecular weight is 380 g/mol. The first kappa shape index (κ1) is 18.8. The van der Waals surface area contributed by atoms with Gasteiger partial charge in [0.15, 0.2) is 11.5 Å². The van der Waals surface area contributed by atoms with Gasteiger partial charge in [-0.05, 0) is 25.2 Å². The summed E-state index contributed by atoms with van der Waals surface area (Å²) in [6, 6.07) is 4.00. The lowest BCUT2D eigenvalue weighted by Gasteiger charge is -2.36. The highest BCUT2D eigenvalue weighted by atomic mass is 15.3. The summed E-state index contributed by atoms with van der Waals surface area (Å²) in [6.07, 6.45) is 9.44. The van der Waals surface area contributed by atoms with E-state index in [-0.39, 0.29) is 0 Å². The Morgan fingerprint density at radius 3 is 2.54 bits per heavy atom. The molecule has 0 spiro atoms. The van der Waals surface area contributed by atoms with E-state index in [0.717, 1.165) is 75.1 Å². The topological polar surface area (TPSA) is 52.8 Å². The van der Waals surface area contributed by atoms with Crippen molar-refractivity contribution in [1.29, 1.82) is 0 Å². The van der Waals surface area contributed by atoms with Gasteiger partial charge in [-0.15, -0.1) is 0 Å². The van der Waals surface area contributed by atoms with E-state index < -0.39 is 0 Å². The molecule has 0 aromatic carbocycles. The SMILES string of the molecule is CCN(CC)CCN1CCN(c2ncc(-c3cccnc3)n3ccnc23)CC1. The maximum atomic E-state index is 4.79. The third-order valence-corrected chi connectivity index (χ3v) is 5.67. The molecule has 0 saturated carbocycles. The molecule has 1 saturated heterocycles. The van der Waals surface area contributed by atoms with E-state index in [1.54, 1.807) is 6.20 Å². The largest absolute Gasteiger partial charge is 0.351 e. The molecule has 0 N–H and O–H groups in total. The summed E-state index contributed by atoms with van der Waals surface area (Å²) in [4.78, 5) is 21.0. The number of anilines is 1. The molecule has 7 heteroatoms. The molecule has 4 rings (SSSR count). The predicted octanol–water partition coefficient (Wildman–Crippen LogP) is 2.26. The monoisotopic (exact) mass is 379 g/mol. The molecule has 7 nitrogen and oxygen atoms in total. The number of fused-ring (bicyclic) bond motifs is 1. The molecular formula is C21H29N7. The second-order valence-electron chi connectivity index (χ2n) is 7.19. The maximum absolute atomic E-state index is 4.79. The summed E-state index contributed by atoms with van der Waals surface area (Å²) in [5.41, 5.74) is 2.98. The van der Waals surface area contributed by atoms with E-state index >= 15 is 0 Å². The Morgan fingerprint density at radius 1 is 1.00 bits per heavy atom. The Morgan fingerprint density at radius 2 is 1.82 bits per heavy atom. The van der Waals surface area contributed by atoms with Crippen molar-refractivity contribution in [3.8, 4) is 11.3 Å². The fourth-order valence-electron chi connectivity index (χ4n) is 3.86. The van der Waals surface area contributed by atoms with E-state index in [2.05, 4.69) is 49.0 Å². The van der Waals surface area contributed by atoms with Gasteiger partial charge in [0.25, 0.3) is 0 Å². The number of hydrogen-bond acceptors (Lipinski definition) is 6. The highest BCUT2D eigenvalue weighted by Crippen LogP contribution is 2.25. The fraction of sp³-hybridized carbons (Fsp3) is 0.476. The van der Waals surface area contributed by atoms with Crippen LogP contribution in [0.15, 0.2) is 43.1 Å². The number of rotatable bonds is 7. The van der Waals surface area contributed by atoms with Crippen LogP contribution in [0.4, 0.5) is 5.82 Å². The van der Waals surface area contributed by atoms with Crippen molar-refractivity contribution in [1.82, 2.24) is 29.2 Å². The van der Waals surface area contributed by atoms with Gasteiger partial charge in [-0.1, -0.05) is 13.8 Å². The van der Waals surface area contributed by atoms with Crippen LogP contribution in [0.3, 0.4) is 0 Å². The van der Waals surface area contributed by atoms with Gasteiger partial charge in [0.05, 0.1) is 11.9 Å². The van der Waals surface area contributed by atoms with Crippen molar-refractivity contribution < 1.29 is 0 Å². The lowest BCUT2D eigenvalue weighted by atomic mass is 10.2. The molecule has 0 amide bonds. The van der Waals surface area contributed by atoms with Gasteiger partial charge in [-0.3, -0.25) is 14.3 Å². The molecule has 0 unspecified atom stereocenters. The van der Waals surface area contributed by atoms with Crippen LogP contribution in [0.25, 0.3) is 16.9 Å². The zero-order valence-electron chi connectivity index (χ0n) is 16.8. The zero-order chi connectivity index (χ0) is 19.3. The Hall–Kier alpha value is -2.51. The average Bonchev–Trinajstić information content (AvgIpc) is 3.25. The van der Waals surface area contributed by atoms with Crippen molar-refractivity contribution in [3.05, 3.63) is 43.1 Å². The minimum Gasteiger partial charge on any atom is -0.351 e. The van der Waals surface area contributed by atoms with E-state index in [0.29, 0.717) is 0 Å². The smallest absolute Gasteiger partial charge is 0.180 e. The van der Waals surface area contributed by atoms with Crippen LogP contribution in [-0.4, -0.2) is 81.5 Å². The first-order valence-electron chi connectivity index (χ1n) is 10.2. The van der Waals surface area contributed by atoms with Gasteiger partial charge in [0, 0.05) is 69.6 Å². The van der Waals surface area contributed by atoms with Gasteiger partial charge >= 0.3 is 0 Å². The number of nitrogens with zero attached hydrogens (tertiary/aromatic N) is 7. The number of likely N-dealkylation sites (N-methyl/N-ethyl adjacent to an activating group) is 1. The van der Waals surface area contributed by atoms with Crippen molar-refractivity contribution in [2.75, 3.05) is 57.3 Å². The third kappa shape index (κ3) is 3.86. The second kappa shape index (κ2) is 8.67. The summed E-state index contributed by atoms with van der Waals surface area (Å²) in [5.74, 6) is 0.973. The maximum Gasteiger partial charge on any atom is 0.180 e. The molecule has 1 aliphatic heterocycles. The zero-order valence-corrected chi connectivity index (χ0v) is 16.8. The number of imidazole rings is 1. The van der Waals surface area contributed by atoms with Gasteiger partial charge in [0.2, 0.25) is 0 Å². The molecule has 0 bridgehead atoms. The number of pyridine rings is 1. The molecule has 1 fully saturated rings. The molecule has 28 heavy (non-hydrogen) atoms. The molecule has 148 valence electrons. The summed E-state index contributed by atoms with van der Waals surface area (Å²) in [5, 5.41) is 0. The molecule has 0 aliphatic carbocycles. The van der Waals surface area contributed by atoms with E-state index in [9.17, 15) is 0 Å². The van der Waals surface area contributed by atoms with E-state index in [4.69, 9.17) is 4.98 Å². The van der Waals surface area contributed by atoms with Gasteiger partial charge in [0.1, 0.15) is 0 Å². The Balaban J connectivity index is 1.47. The third-order valence-electron chi connectivity index (χ3n) is 5.67. The molecular weight excluding hydrogens is 350 g/mol. The normalized spacial score (nSPS) is 15.6. The summed E-state index contributed by atoms with van der Waals surface area (Å²) in [6.45, 7) is 13.1. The van der Waals surface area contributed by atoms with Crippen molar-refractivity contribution >= 4 is 11.5 Å². The predicted molar refractivity (Wildman–Crippen MR) is 113 cm³/mol. The lowest BCUT2D eigenvalue weighted by Crippen LogP contribution is -2.48. The number of hydrogen-bond donors (Lipinski definition) is 0. The summed E-state index contributed by atoms with van der Waals surface area (Å²) >= 11 is 0. The Bertz CT molecular complexity index is 880. The van der Waals surface area contributed by atoms with Crippen LogP contribution in [-0.2, 0) is 0 Å². The van der Waals surface area contributed by atoms with Gasteiger partial charge in [-0.25, -0.2) is 9.97 Å². The molecule has 4 heterocycles. The minimum absolute atomic E-state index is 0.915. The van der Waals surface area contributed by atoms with E-state index in [1.165, 1.54) is 0 Å². The van der Waals surface area contributed by atoms with Gasteiger partial charge < -0.3 is 9.80 Å². The lowest BCUT2D eigenvalue weighted by molar-refractivity contribution is 0.206. The van der Waals surface area contributed by atoms with E-state index in [1.807, 2.05) is 30.9 Å². The first-order valence-corrected chi connectivity index (χ1v) is 10.2. The van der Waals surface area contributed by atoms with Crippen LogP contribution in [0, 0.1) is 0 Å². The molecule has 3 aromatic heterocycles. The van der Waals surface area contributed by atoms with Crippen molar-refractivity contribution in [2.45, 2.75) is 13.8 Å². The van der Waals surface area contributed by atoms with Crippen molar-refractivity contribution in [3.63, 3.8) is 0 Å². The number of piperazine rings is 1. The first-order chi connectivity index (χ1) is 13.8. The van der Waals surface area contributed by atoms with Crippen molar-refractivity contribution in [2.24, 2.45) is 0 Å². The Kier molecular flexibility index (Phi) is 5.83. The highest BCUT2D eigenvalue weighted by molar-refractivity contribution is 5.70. The second-order valence-corrected chi connectivity index (χ2v) is 7.19. The van der Waals surface area contributed by atoms with Crippen LogP contribution in [0.5, 0.6) is 0 Å².